The lowest BCUT2D eigenvalue weighted by atomic mass is 10.1. The van der Waals surface area contributed by atoms with Crippen LogP contribution >= 0.6 is 7.92 Å². The lowest BCUT2D eigenvalue weighted by Crippen LogP contribution is -2.22. The Morgan fingerprint density at radius 1 is 0.909 bits per heavy atom. The third-order valence-electron chi connectivity index (χ3n) is 4.09. The van der Waals surface area contributed by atoms with E-state index in [0.717, 1.165) is 0 Å². The fourth-order valence-corrected chi connectivity index (χ4v) is 5.52. The minimum absolute atomic E-state index is 0.197. The van der Waals surface area contributed by atoms with Crippen LogP contribution in [0, 0.1) is 5.92 Å². The molecule has 0 aliphatic heterocycles. The van der Waals surface area contributed by atoms with Crippen LogP contribution in [0.15, 0.2) is 84.2 Å². The van der Waals surface area contributed by atoms with Gasteiger partial charge in [-0.3, -0.25) is 0 Å². The molecule has 0 bridgehead atoms. The average Bonchev–Trinajstić information content (AvgIpc) is 3.06. The zero-order valence-electron chi connectivity index (χ0n) is 13.0. The third kappa shape index (κ3) is 3.06. The molecule has 0 aromatic heterocycles. The van der Waals surface area contributed by atoms with Gasteiger partial charge in [0.05, 0.1) is 6.10 Å². The summed E-state index contributed by atoms with van der Waals surface area (Å²) in [6, 6.07) is 21.7. The molecule has 0 fully saturated rings. The maximum absolute atomic E-state index is 5.60. The van der Waals surface area contributed by atoms with Crippen LogP contribution in [0.3, 0.4) is 0 Å². The number of ether oxygens (including phenoxy) is 1. The first-order chi connectivity index (χ1) is 10.8. The maximum atomic E-state index is 5.60. The molecule has 2 atom stereocenters. The average molecular weight is 308 g/mol. The van der Waals surface area contributed by atoms with Gasteiger partial charge in [0.25, 0.3) is 0 Å². The van der Waals surface area contributed by atoms with Gasteiger partial charge in [0.2, 0.25) is 0 Å². The number of methoxy groups -OCH3 is 1. The van der Waals surface area contributed by atoms with Crippen LogP contribution in [-0.4, -0.2) is 13.2 Å². The first kappa shape index (κ1) is 15.2. The molecular weight excluding hydrogens is 287 g/mol. The Bertz CT molecular complexity index is 621. The van der Waals surface area contributed by atoms with Crippen molar-refractivity contribution in [3.63, 3.8) is 0 Å². The SMILES string of the molecule is CO[C@@H](C)C1C=CC=C1P(c1ccccc1)c1ccccc1. The number of rotatable bonds is 5. The zero-order chi connectivity index (χ0) is 15.4. The van der Waals surface area contributed by atoms with E-state index in [-0.39, 0.29) is 6.10 Å². The van der Waals surface area contributed by atoms with E-state index in [1.165, 1.54) is 15.9 Å². The highest BCUT2D eigenvalue weighted by atomic mass is 31.1. The topological polar surface area (TPSA) is 9.23 Å². The Labute approximate surface area is 134 Å². The number of benzene rings is 2. The third-order valence-corrected chi connectivity index (χ3v) is 6.68. The van der Waals surface area contributed by atoms with E-state index in [1.807, 2.05) is 0 Å². The molecule has 1 aliphatic rings. The molecule has 0 saturated carbocycles. The van der Waals surface area contributed by atoms with E-state index in [0.29, 0.717) is 5.92 Å². The molecule has 112 valence electrons. The van der Waals surface area contributed by atoms with Gasteiger partial charge in [0.15, 0.2) is 0 Å². The van der Waals surface area contributed by atoms with Gasteiger partial charge in [0.1, 0.15) is 0 Å². The predicted octanol–water partition coefficient (Wildman–Crippen LogP) is 4.22. The number of allylic oxidation sites excluding steroid dienone is 2. The Balaban J connectivity index is 2.04. The van der Waals surface area contributed by atoms with Crippen molar-refractivity contribution in [1.29, 1.82) is 0 Å². The highest BCUT2D eigenvalue weighted by molar-refractivity contribution is 7.76. The molecule has 0 saturated heterocycles. The Morgan fingerprint density at radius 2 is 1.45 bits per heavy atom. The normalized spacial score (nSPS) is 18.5. The molecule has 0 radical (unpaired) electrons. The van der Waals surface area contributed by atoms with Crippen LogP contribution in [0.4, 0.5) is 0 Å². The van der Waals surface area contributed by atoms with Gasteiger partial charge in [0, 0.05) is 13.0 Å². The van der Waals surface area contributed by atoms with Crippen LogP contribution in [-0.2, 0) is 4.74 Å². The fraction of sp³-hybridized carbons (Fsp3) is 0.200. The lowest BCUT2D eigenvalue weighted by Gasteiger charge is -2.28. The maximum Gasteiger partial charge on any atom is 0.0647 e. The van der Waals surface area contributed by atoms with Crippen molar-refractivity contribution in [2.24, 2.45) is 5.92 Å². The molecule has 0 amide bonds. The predicted molar refractivity (Wildman–Crippen MR) is 96.3 cm³/mol. The van der Waals surface area contributed by atoms with Crippen molar-refractivity contribution in [3.8, 4) is 0 Å². The summed E-state index contributed by atoms with van der Waals surface area (Å²) in [4.78, 5) is 0. The first-order valence-electron chi connectivity index (χ1n) is 7.62. The highest BCUT2D eigenvalue weighted by Gasteiger charge is 2.29. The molecule has 0 spiro atoms. The molecule has 0 heterocycles. The van der Waals surface area contributed by atoms with Crippen molar-refractivity contribution >= 4 is 18.5 Å². The summed E-state index contributed by atoms with van der Waals surface area (Å²) in [6.45, 7) is 2.15. The summed E-state index contributed by atoms with van der Waals surface area (Å²) in [7, 11) is 1.28. The van der Waals surface area contributed by atoms with Crippen molar-refractivity contribution in [2.45, 2.75) is 13.0 Å². The molecule has 2 aromatic rings. The molecule has 0 N–H and O–H groups in total. The van der Waals surface area contributed by atoms with Gasteiger partial charge in [-0.2, -0.15) is 0 Å². The van der Waals surface area contributed by atoms with Crippen molar-refractivity contribution < 1.29 is 4.74 Å². The molecular formula is C20H21OP. The van der Waals surface area contributed by atoms with E-state index in [1.54, 1.807) is 7.11 Å². The van der Waals surface area contributed by atoms with Crippen LogP contribution in [0.25, 0.3) is 0 Å². The number of hydrogen-bond donors (Lipinski definition) is 0. The molecule has 1 nitrogen and oxygen atoms in total. The second kappa shape index (κ2) is 7.05. The van der Waals surface area contributed by atoms with Gasteiger partial charge in [-0.05, 0) is 30.8 Å². The molecule has 3 rings (SSSR count). The standard InChI is InChI=1S/C20H21OP/c1-16(21-2)19-14-9-15-20(19)22(17-10-5-3-6-11-17)18-12-7-4-8-13-18/h3-16,19H,1-2H3/t16-,19?/m0/s1. The zero-order valence-corrected chi connectivity index (χ0v) is 13.9. The van der Waals surface area contributed by atoms with E-state index < -0.39 is 7.92 Å². The van der Waals surface area contributed by atoms with Gasteiger partial charge in [-0.15, -0.1) is 0 Å². The summed E-state index contributed by atoms with van der Waals surface area (Å²) in [5, 5.41) is 4.26. The van der Waals surface area contributed by atoms with Crippen molar-refractivity contribution in [2.75, 3.05) is 7.11 Å². The summed E-state index contributed by atoms with van der Waals surface area (Å²) >= 11 is 0. The first-order valence-corrected chi connectivity index (χ1v) is 8.97. The summed E-state index contributed by atoms with van der Waals surface area (Å²) in [6.07, 6.45) is 6.93. The van der Waals surface area contributed by atoms with Crippen LogP contribution in [0.5, 0.6) is 0 Å². The van der Waals surface area contributed by atoms with E-state index in [2.05, 4.69) is 85.8 Å². The van der Waals surface area contributed by atoms with Crippen molar-refractivity contribution in [1.82, 2.24) is 0 Å². The van der Waals surface area contributed by atoms with Crippen LogP contribution in [0.2, 0.25) is 0 Å². The largest absolute Gasteiger partial charge is 0.381 e. The van der Waals surface area contributed by atoms with Crippen molar-refractivity contribution in [3.05, 3.63) is 84.2 Å². The quantitative estimate of drug-likeness (QED) is 0.751. The van der Waals surface area contributed by atoms with Crippen LogP contribution < -0.4 is 10.6 Å². The monoisotopic (exact) mass is 308 g/mol. The van der Waals surface area contributed by atoms with Gasteiger partial charge < -0.3 is 4.74 Å². The molecule has 2 aromatic carbocycles. The minimum atomic E-state index is -0.511. The van der Waals surface area contributed by atoms with Gasteiger partial charge >= 0.3 is 0 Å². The molecule has 2 heteroatoms. The minimum Gasteiger partial charge on any atom is -0.381 e. The Kier molecular flexibility index (Phi) is 4.87. The van der Waals surface area contributed by atoms with E-state index in [9.17, 15) is 0 Å². The smallest absolute Gasteiger partial charge is 0.0647 e. The second-order valence-corrected chi connectivity index (χ2v) is 7.67. The van der Waals surface area contributed by atoms with Gasteiger partial charge in [-0.25, -0.2) is 0 Å². The van der Waals surface area contributed by atoms with E-state index >= 15 is 0 Å². The van der Waals surface area contributed by atoms with Crippen LogP contribution in [0.1, 0.15) is 6.92 Å². The lowest BCUT2D eigenvalue weighted by molar-refractivity contribution is 0.0978. The second-order valence-electron chi connectivity index (χ2n) is 5.45. The number of hydrogen-bond acceptors (Lipinski definition) is 1. The summed E-state index contributed by atoms with van der Waals surface area (Å²) < 4.78 is 5.60. The fourth-order valence-electron chi connectivity index (χ4n) is 2.85. The molecule has 1 aliphatic carbocycles. The Hall–Kier alpha value is -1.69. The van der Waals surface area contributed by atoms with Gasteiger partial charge in [-0.1, -0.05) is 78.9 Å². The molecule has 22 heavy (non-hydrogen) atoms. The summed E-state index contributed by atoms with van der Waals surface area (Å²) in [5.74, 6) is 0.358. The summed E-state index contributed by atoms with van der Waals surface area (Å²) in [5.41, 5.74) is 0. The highest BCUT2D eigenvalue weighted by Crippen LogP contribution is 2.50. The van der Waals surface area contributed by atoms with E-state index in [4.69, 9.17) is 4.74 Å². The molecule has 1 unspecified atom stereocenters. The Morgan fingerprint density at radius 3 is 1.95 bits per heavy atom.